The van der Waals surface area contributed by atoms with Crippen molar-refractivity contribution in [1.82, 2.24) is 0 Å². The predicted molar refractivity (Wildman–Crippen MR) is 63.8 cm³/mol. The van der Waals surface area contributed by atoms with E-state index in [9.17, 15) is 0 Å². The molecule has 0 atom stereocenters. The second-order valence-electron chi connectivity index (χ2n) is 2.55. The van der Waals surface area contributed by atoms with Gasteiger partial charge < -0.3 is 0 Å². The van der Waals surface area contributed by atoms with Gasteiger partial charge in [0.2, 0.25) is 0 Å². The second-order valence-corrected chi connectivity index (χ2v) is 4.09. The molecule has 0 spiro atoms. The van der Waals surface area contributed by atoms with Crippen LogP contribution in [0.15, 0.2) is 34.1 Å². The first-order chi connectivity index (χ1) is 5.61. The number of hydrogen-bond acceptors (Lipinski definition) is 2. The van der Waals surface area contributed by atoms with E-state index in [1.54, 1.807) is 11.8 Å². The van der Waals surface area contributed by atoms with Gasteiger partial charge in [-0.15, -0.1) is 24.4 Å². The molecule has 0 aromatic rings. The first kappa shape index (κ1) is 11.9. The number of rotatable bonds is 4. The third-order valence-corrected chi connectivity index (χ3v) is 2.58. The summed E-state index contributed by atoms with van der Waals surface area (Å²) >= 11 is 5.95. The van der Waals surface area contributed by atoms with Gasteiger partial charge in [0.25, 0.3) is 0 Å². The molecule has 0 heterocycles. The van der Waals surface area contributed by atoms with Gasteiger partial charge in [-0.05, 0) is 35.5 Å². The van der Waals surface area contributed by atoms with Crippen LogP contribution in [-0.2, 0) is 0 Å². The van der Waals surface area contributed by atoms with Crippen molar-refractivity contribution in [3.05, 3.63) is 34.1 Å². The highest BCUT2D eigenvalue weighted by Crippen LogP contribution is 2.25. The zero-order valence-corrected chi connectivity index (χ0v) is 9.64. The summed E-state index contributed by atoms with van der Waals surface area (Å²) in [5.74, 6) is 0. The van der Waals surface area contributed by atoms with Crippen LogP contribution in [0.4, 0.5) is 0 Å². The van der Waals surface area contributed by atoms with Gasteiger partial charge in [0, 0.05) is 6.42 Å². The number of hydrogen-bond donors (Lipinski definition) is 1. The van der Waals surface area contributed by atoms with Gasteiger partial charge in [0.1, 0.15) is 0 Å². The third kappa shape index (κ3) is 4.73. The van der Waals surface area contributed by atoms with Gasteiger partial charge in [-0.2, -0.15) is 0 Å². The summed E-state index contributed by atoms with van der Waals surface area (Å²) in [5, 5.41) is 0. The molecule has 68 valence electrons. The van der Waals surface area contributed by atoms with Crippen molar-refractivity contribution in [2.45, 2.75) is 20.3 Å². The van der Waals surface area contributed by atoms with Crippen LogP contribution in [0.2, 0.25) is 0 Å². The largest absolute Gasteiger partial charge is 0.148 e. The number of thioether (sulfide) groups is 1. The van der Waals surface area contributed by atoms with Gasteiger partial charge in [-0.1, -0.05) is 18.7 Å². The Morgan fingerprint density at radius 1 is 1.58 bits per heavy atom. The summed E-state index contributed by atoms with van der Waals surface area (Å²) in [6.45, 7) is 7.92. The lowest BCUT2D eigenvalue weighted by atomic mass is 10.2. The van der Waals surface area contributed by atoms with Gasteiger partial charge in [0.15, 0.2) is 0 Å². The molecule has 0 aliphatic carbocycles. The summed E-state index contributed by atoms with van der Waals surface area (Å²) < 4.78 is 0. The highest BCUT2D eigenvalue weighted by molar-refractivity contribution is 8.02. The minimum atomic E-state index is 0.875. The van der Waals surface area contributed by atoms with Crippen molar-refractivity contribution >= 4 is 24.4 Å². The first-order valence-corrected chi connectivity index (χ1v) is 5.52. The monoisotopic (exact) mass is 200 g/mol. The summed E-state index contributed by atoms with van der Waals surface area (Å²) in [6, 6.07) is 0. The van der Waals surface area contributed by atoms with Crippen molar-refractivity contribution in [3.63, 3.8) is 0 Å². The lowest BCUT2D eigenvalue weighted by molar-refractivity contribution is 1.29. The Morgan fingerprint density at radius 2 is 2.17 bits per heavy atom. The Kier molecular flexibility index (Phi) is 6.39. The van der Waals surface area contributed by atoms with Crippen LogP contribution in [0.5, 0.6) is 0 Å². The smallest absolute Gasteiger partial charge is 0.00885 e. The molecule has 0 saturated heterocycles. The Labute approximate surface area is 85.2 Å². The van der Waals surface area contributed by atoms with E-state index in [1.807, 2.05) is 13.0 Å². The molecule has 0 fully saturated rings. The van der Waals surface area contributed by atoms with Gasteiger partial charge >= 0.3 is 0 Å². The van der Waals surface area contributed by atoms with Crippen LogP contribution in [0.1, 0.15) is 20.3 Å². The molecule has 0 N–H and O–H groups in total. The van der Waals surface area contributed by atoms with Crippen LogP contribution in [0.25, 0.3) is 0 Å². The molecule has 0 saturated carbocycles. The fourth-order valence-electron chi connectivity index (χ4n) is 0.901. The molecular formula is C10H16S2. The van der Waals surface area contributed by atoms with E-state index in [-0.39, 0.29) is 0 Å². The van der Waals surface area contributed by atoms with Crippen LogP contribution in [0, 0.1) is 0 Å². The maximum Gasteiger partial charge on any atom is 0.00885 e. The van der Waals surface area contributed by atoms with Gasteiger partial charge in [-0.3, -0.25) is 0 Å². The molecule has 0 aliphatic heterocycles. The summed E-state index contributed by atoms with van der Waals surface area (Å²) in [6.07, 6.45) is 7.12. The molecular weight excluding hydrogens is 184 g/mol. The molecule has 0 aromatic heterocycles. The predicted octanol–water partition coefficient (Wildman–Crippen LogP) is 4.03. The molecule has 0 unspecified atom stereocenters. The lowest BCUT2D eigenvalue weighted by Crippen LogP contribution is -1.81. The SMILES string of the molecule is C=C(S)C/C(SC)=C(/C)C=CC. The Balaban J connectivity index is 4.49. The average Bonchev–Trinajstić information content (AvgIpc) is 2.00. The van der Waals surface area contributed by atoms with Gasteiger partial charge in [0.05, 0.1) is 0 Å². The Hall–Kier alpha value is -0.0800. The lowest BCUT2D eigenvalue weighted by Gasteiger charge is -2.05. The molecule has 0 rings (SSSR count). The highest BCUT2D eigenvalue weighted by atomic mass is 32.2. The van der Waals surface area contributed by atoms with Crippen LogP contribution < -0.4 is 0 Å². The van der Waals surface area contributed by atoms with E-state index in [2.05, 4.69) is 38.5 Å². The van der Waals surface area contributed by atoms with Gasteiger partial charge in [-0.25, -0.2) is 0 Å². The molecule has 0 amide bonds. The van der Waals surface area contributed by atoms with Crippen molar-refractivity contribution in [2.75, 3.05) is 6.26 Å². The fourth-order valence-corrected chi connectivity index (χ4v) is 1.87. The molecule has 0 radical (unpaired) electrons. The molecule has 0 aromatic carbocycles. The summed E-state index contributed by atoms with van der Waals surface area (Å²) in [7, 11) is 0. The number of thiol groups is 1. The normalized spacial score (nSPS) is 13.3. The molecule has 12 heavy (non-hydrogen) atoms. The van der Waals surface area contributed by atoms with E-state index in [0.717, 1.165) is 11.3 Å². The van der Waals surface area contributed by atoms with Crippen molar-refractivity contribution < 1.29 is 0 Å². The van der Waals surface area contributed by atoms with E-state index in [4.69, 9.17) is 0 Å². The van der Waals surface area contributed by atoms with E-state index < -0.39 is 0 Å². The molecule has 0 aliphatic rings. The standard InChI is InChI=1S/C10H16S2/c1-5-6-8(2)10(12-4)7-9(3)11/h5-6,11H,3,7H2,1-2,4H3/b6-5?,10-8+. The zero-order valence-electron chi connectivity index (χ0n) is 7.92. The van der Waals surface area contributed by atoms with E-state index >= 15 is 0 Å². The molecule has 0 nitrogen and oxygen atoms in total. The molecule has 2 heteroatoms. The quantitative estimate of drug-likeness (QED) is 0.528. The maximum absolute atomic E-state index is 4.19. The first-order valence-electron chi connectivity index (χ1n) is 3.85. The van der Waals surface area contributed by atoms with Crippen molar-refractivity contribution in [1.29, 1.82) is 0 Å². The van der Waals surface area contributed by atoms with Crippen molar-refractivity contribution in [2.24, 2.45) is 0 Å². The van der Waals surface area contributed by atoms with Crippen molar-refractivity contribution in [3.8, 4) is 0 Å². The van der Waals surface area contributed by atoms with Crippen LogP contribution >= 0.6 is 24.4 Å². The van der Waals surface area contributed by atoms with Crippen LogP contribution in [0.3, 0.4) is 0 Å². The summed E-state index contributed by atoms with van der Waals surface area (Å²) in [5.41, 5.74) is 1.31. The Morgan fingerprint density at radius 3 is 2.50 bits per heavy atom. The topological polar surface area (TPSA) is 0 Å². The Bertz CT molecular complexity index is 212. The van der Waals surface area contributed by atoms with E-state index in [1.165, 1.54) is 10.5 Å². The zero-order chi connectivity index (χ0) is 9.56. The third-order valence-electron chi connectivity index (χ3n) is 1.47. The average molecular weight is 200 g/mol. The second kappa shape index (κ2) is 6.44. The molecule has 0 bridgehead atoms. The maximum atomic E-state index is 4.19. The van der Waals surface area contributed by atoms with Crippen LogP contribution in [-0.4, -0.2) is 6.26 Å². The van der Waals surface area contributed by atoms with E-state index in [0.29, 0.717) is 0 Å². The number of allylic oxidation sites excluding steroid dienone is 5. The minimum absolute atomic E-state index is 0.875. The minimum Gasteiger partial charge on any atom is -0.148 e. The highest BCUT2D eigenvalue weighted by Gasteiger charge is 1.99. The fraction of sp³-hybridized carbons (Fsp3) is 0.400. The summed E-state index contributed by atoms with van der Waals surface area (Å²) in [4.78, 5) is 2.26.